The minimum Gasteiger partial charge on any atom is -0.479 e. The molecule has 6 heteroatoms. The molecule has 1 aliphatic heterocycles. The Labute approximate surface area is 83.7 Å². The summed E-state index contributed by atoms with van der Waals surface area (Å²) < 4.78 is 4.81. The number of ether oxygens (including phenoxy) is 1. The standard InChI is InChI=1S/C5H8O3.3ClH/c6-5(7)4-2-1-3-8-4;;;/h4H,1-3H2,(H,6,7);3*1H. The van der Waals surface area contributed by atoms with E-state index in [0.717, 1.165) is 6.42 Å². The fraction of sp³-hybridized carbons (Fsp3) is 0.800. The summed E-state index contributed by atoms with van der Waals surface area (Å²) in [5.74, 6) is -0.831. The quantitative estimate of drug-likeness (QED) is 0.736. The van der Waals surface area contributed by atoms with Gasteiger partial charge in [0.15, 0.2) is 6.10 Å². The molecule has 0 radical (unpaired) electrons. The molecule has 1 saturated heterocycles. The summed E-state index contributed by atoms with van der Waals surface area (Å²) in [4.78, 5) is 10.1. The van der Waals surface area contributed by atoms with Crippen molar-refractivity contribution in [2.45, 2.75) is 18.9 Å². The SMILES string of the molecule is Cl.Cl.Cl.O=C(O)C1CCCO1. The lowest BCUT2D eigenvalue weighted by Crippen LogP contribution is -2.17. The van der Waals surface area contributed by atoms with Crippen LogP contribution in [0.4, 0.5) is 0 Å². The molecule has 1 N–H and O–H groups in total. The molecule has 70 valence electrons. The van der Waals surface area contributed by atoms with Crippen molar-refractivity contribution in [1.29, 1.82) is 0 Å². The van der Waals surface area contributed by atoms with Crippen molar-refractivity contribution in [2.75, 3.05) is 6.61 Å². The topological polar surface area (TPSA) is 46.5 Å². The van der Waals surface area contributed by atoms with Gasteiger partial charge in [0.25, 0.3) is 0 Å². The number of carboxylic acid groups (broad SMARTS) is 1. The third-order valence-electron chi connectivity index (χ3n) is 1.21. The van der Waals surface area contributed by atoms with Gasteiger partial charge in [-0.3, -0.25) is 0 Å². The number of aliphatic carboxylic acids is 1. The predicted molar refractivity (Wildman–Crippen MR) is 48.4 cm³/mol. The zero-order valence-corrected chi connectivity index (χ0v) is 8.14. The van der Waals surface area contributed by atoms with Crippen molar-refractivity contribution < 1.29 is 14.6 Å². The van der Waals surface area contributed by atoms with E-state index in [1.807, 2.05) is 0 Å². The maximum atomic E-state index is 10.1. The molecule has 0 spiro atoms. The van der Waals surface area contributed by atoms with Gasteiger partial charge in [-0.25, -0.2) is 4.79 Å². The Bertz CT molecular complexity index is 103. The largest absolute Gasteiger partial charge is 0.479 e. The van der Waals surface area contributed by atoms with Crippen LogP contribution in [0.25, 0.3) is 0 Å². The van der Waals surface area contributed by atoms with Crippen LogP contribution in [0.3, 0.4) is 0 Å². The van der Waals surface area contributed by atoms with Crippen LogP contribution >= 0.6 is 37.2 Å². The van der Waals surface area contributed by atoms with Gasteiger partial charge in [0.05, 0.1) is 0 Å². The number of rotatable bonds is 1. The monoisotopic (exact) mass is 224 g/mol. The summed E-state index contributed by atoms with van der Waals surface area (Å²) in [6, 6.07) is 0. The van der Waals surface area contributed by atoms with Crippen LogP contribution < -0.4 is 0 Å². The molecule has 0 aromatic rings. The second-order valence-electron chi connectivity index (χ2n) is 1.84. The lowest BCUT2D eigenvalue weighted by molar-refractivity contribution is -0.147. The number of hydrogen-bond donors (Lipinski definition) is 1. The van der Waals surface area contributed by atoms with Crippen molar-refractivity contribution in [3.05, 3.63) is 0 Å². The maximum Gasteiger partial charge on any atom is 0.332 e. The van der Waals surface area contributed by atoms with Gasteiger partial charge in [0, 0.05) is 6.61 Å². The molecule has 0 amide bonds. The van der Waals surface area contributed by atoms with Crippen molar-refractivity contribution >= 4 is 43.2 Å². The first-order valence-electron chi connectivity index (χ1n) is 2.65. The van der Waals surface area contributed by atoms with Gasteiger partial charge < -0.3 is 9.84 Å². The highest BCUT2D eigenvalue weighted by molar-refractivity contribution is 5.86. The van der Waals surface area contributed by atoms with E-state index in [-0.39, 0.29) is 37.2 Å². The molecule has 1 unspecified atom stereocenters. The molecule has 3 nitrogen and oxygen atoms in total. The zero-order valence-electron chi connectivity index (χ0n) is 5.69. The van der Waals surface area contributed by atoms with E-state index >= 15 is 0 Å². The average molecular weight is 225 g/mol. The van der Waals surface area contributed by atoms with Gasteiger partial charge in [-0.05, 0) is 12.8 Å². The summed E-state index contributed by atoms with van der Waals surface area (Å²) >= 11 is 0. The van der Waals surface area contributed by atoms with Crippen LogP contribution in [0.2, 0.25) is 0 Å². The van der Waals surface area contributed by atoms with Crippen molar-refractivity contribution in [2.24, 2.45) is 0 Å². The lowest BCUT2D eigenvalue weighted by Gasteiger charge is -1.98. The number of carbonyl (C=O) groups is 1. The number of halogens is 3. The number of hydrogen-bond acceptors (Lipinski definition) is 2. The zero-order chi connectivity index (χ0) is 5.98. The fourth-order valence-electron chi connectivity index (χ4n) is 0.772. The third-order valence-corrected chi connectivity index (χ3v) is 1.21. The first-order valence-corrected chi connectivity index (χ1v) is 2.65. The highest BCUT2D eigenvalue weighted by Crippen LogP contribution is 2.10. The average Bonchev–Trinajstić information content (AvgIpc) is 2.12. The Balaban J connectivity index is -0.000000213. The van der Waals surface area contributed by atoms with E-state index in [1.54, 1.807) is 0 Å². The predicted octanol–water partition coefficient (Wildman–Crippen LogP) is 1.52. The molecule has 1 aliphatic rings. The Morgan fingerprint density at radius 1 is 1.36 bits per heavy atom. The lowest BCUT2D eigenvalue weighted by atomic mass is 10.2. The maximum absolute atomic E-state index is 10.1. The van der Waals surface area contributed by atoms with E-state index in [4.69, 9.17) is 9.84 Å². The smallest absolute Gasteiger partial charge is 0.332 e. The molecular formula is C5H11Cl3O3. The summed E-state index contributed by atoms with van der Waals surface area (Å²) in [7, 11) is 0. The summed E-state index contributed by atoms with van der Waals surface area (Å²) in [5, 5.41) is 8.29. The molecule has 0 aromatic heterocycles. The molecule has 0 aromatic carbocycles. The van der Waals surface area contributed by atoms with Gasteiger partial charge in [-0.1, -0.05) is 0 Å². The van der Waals surface area contributed by atoms with Gasteiger partial charge in [0.2, 0.25) is 0 Å². The third kappa shape index (κ3) is 5.56. The molecule has 1 atom stereocenters. The molecular weight excluding hydrogens is 214 g/mol. The molecule has 11 heavy (non-hydrogen) atoms. The van der Waals surface area contributed by atoms with Crippen molar-refractivity contribution in [3.8, 4) is 0 Å². The molecule has 1 rings (SSSR count). The van der Waals surface area contributed by atoms with Crippen molar-refractivity contribution in [3.63, 3.8) is 0 Å². The van der Waals surface area contributed by atoms with Gasteiger partial charge in [-0.2, -0.15) is 0 Å². The highest BCUT2D eigenvalue weighted by Gasteiger charge is 2.21. The minimum absolute atomic E-state index is 0. The molecule has 0 aliphatic carbocycles. The van der Waals surface area contributed by atoms with E-state index < -0.39 is 12.1 Å². The summed E-state index contributed by atoms with van der Waals surface area (Å²) in [6.45, 7) is 0.608. The van der Waals surface area contributed by atoms with Crippen LogP contribution in [0.15, 0.2) is 0 Å². The van der Waals surface area contributed by atoms with E-state index in [2.05, 4.69) is 0 Å². The van der Waals surface area contributed by atoms with E-state index in [9.17, 15) is 4.79 Å². The Morgan fingerprint density at radius 2 is 1.91 bits per heavy atom. The van der Waals surface area contributed by atoms with Gasteiger partial charge in [0.1, 0.15) is 0 Å². The molecule has 0 saturated carbocycles. The van der Waals surface area contributed by atoms with Gasteiger partial charge >= 0.3 is 5.97 Å². The first-order chi connectivity index (χ1) is 3.80. The number of carboxylic acids is 1. The Kier molecular flexibility index (Phi) is 13.3. The summed E-state index contributed by atoms with van der Waals surface area (Å²) in [6.07, 6.45) is 1.04. The molecule has 0 bridgehead atoms. The minimum atomic E-state index is -0.831. The second kappa shape index (κ2) is 8.40. The van der Waals surface area contributed by atoms with E-state index in [1.165, 1.54) is 0 Å². The first kappa shape index (κ1) is 17.4. The Morgan fingerprint density at radius 3 is 2.09 bits per heavy atom. The Hall–Kier alpha value is 0.300. The normalized spacial score (nSPS) is 20.5. The van der Waals surface area contributed by atoms with Crippen LogP contribution in [-0.2, 0) is 9.53 Å². The van der Waals surface area contributed by atoms with Crippen LogP contribution in [0.1, 0.15) is 12.8 Å². The van der Waals surface area contributed by atoms with Crippen LogP contribution in [-0.4, -0.2) is 23.8 Å². The highest BCUT2D eigenvalue weighted by atomic mass is 35.5. The van der Waals surface area contributed by atoms with Crippen LogP contribution in [0, 0.1) is 0 Å². The second-order valence-corrected chi connectivity index (χ2v) is 1.84. The van der Waals surface area contributed by atoms with Crippen molar-refractivity contribution in [1.82, 2.24) is 0 Å². The molecule has 1 fully saturated rings. The van der Waals surface area contributed by atoms with E-state index in [0.29, 0.717) is 13.0 Å². The molecule has 1 heterocycles. The van der Waals surface area contributed by atoms with Crippen LogP contribution in [0.5, 0.6) is 0 Å². The summed E-state index contributed by atoms with van der Waals surface area (Å²) in [5.41, 5.74) is 0. The van der Waals surface area contributed by atoms with Gasteiger partial charge in [-0.15, -0.1) is 37.2 Å². The fourth-order valence-corrected chi connectivity index (χ4v) is 0.772.